The van der Waals surface area contributed by atoms with Crippen molar-refractivity contribution in [1.82, 2.24) is 29.9 Å². The number of carbonyl (C=O) groups excluding carboxylic acids is 1. The Bertz CT molecular complexity index is 981. The monoisotopic (exact) mass is 383 g/mol. The predicted octanol–water partition coefficient (Wildman–Crippen LogP) is 2.19. The van der Waals surface area contributed by atoms with Crippen molar-refractivity contribution in [3.8, 4) is 5.69 Å². The van der Waals surface area contributed by atoms with Crippen LogP contribution in [0.4, 0.5) is 10.2 Å². The number of fused-ring (bicyclic) bond motifs is 1. The molecule has 0 saturated carbocycles. The number of aromatic nitrogens is 5. The third kappa shape index (κ3) is 3.51. The Morgan fingerprint density at radius 3 is 2.75 bits per heavy atom. The van der Waals surface area contributed by atoms with E-state index < -0.39 is 0 Å². The molecule has 1 saturated heterocycles. The van der Waals surface area contributed by atoms with Crippen molar-refractivity contribution in [2.24, 2.45) is 0 Å². The van der Waals surface area contributed by atoms with Crippen molar-refractivity contribution < 1.29 is 9.18 Å². The number of piperazine rings is 1. The summed E-state index contributed by atoms with van der Waals surface area (Å²) in [5.74, 6) is 0.555. The number of unbranched alkanes of at least 4 members (excludes halogenated alkanes) is 1. The van der Waals surface area contributed by atoms with Crippen LogP contribution in [0.5, 0.6) is 0 Å². The maximum Gasteiger partial charge on any atom is 0.222 e. The van der Waals surface area contributed by atoms with Gasteiger partial charge in [0.2, 0.25) is 5.91 Å². The Kier molecular flexibility index (Phi) is 5.14. The highest BCUT2D eigenvalue weighted by Gasteiger charge is 2.24. The molecule has 0 spiro atoms. The van der Waals surface area contributed by atoms with Crippen LogP contribution in [-0.4, -0.2) is 61.9 Å². The lowest BCUT2D eigenvalue weighted by atomic mass is 10.2. The molecule has 3 heterocycles. The zero-order chi connectivity index (χ0) is 19.5. The SMILES string of the molecule is CCCCC(=O)N1CCN(c2ncnc3c2nnn3-c2cccc(F)c2)CC1. The molecule has 2 aromatic heterocycles. The van der Waals surface area contributed by atoms with E-state index >= 15 is 0 Å². The molecule has 1 fully saturated rings. The summed E-state index contributed by atoms with van der Waals surface area (Å²) in [4.78, 5) is 24.9. The first-order valence-electron chi connectivity index (χ1n) is 9.52. The fraction of sp³-hybridized carbons (Fsp3) is 0.421. The summed E-state index contributed by atoms with van der Waals surface area (Å²) >= 11 is 0. The second kappa shape index (κ2) is 7.87. The molecule has 0 N–H and O–H groups in total. The Labute approximate surface area is 162 Å². The molecule has 8 nitrogen and oxygen atoms in total. The summed E-state index contributed by atoms with van der Waals surface area (Å²) in [6.07, 6.45) is 4.02. The normalized spacial score (nSPS) is 14.6. The second-order valence-corrected chi connectivity index (χ2v) is 6.82. The Morgan fingerprint density at radius 2 is 2.00 bits per heavy atom. The molecular weight excluding hydrogens is 361 g/mol. The highest BCUT2D eigenvalue weighted by atomic mass is 19.1. The average molecular weight is 383 g/mol. The van der Waals surface area contributed by atoms with E-state index in [0.29, 0.717) is 55.3 Å². The molecule has 0 aliphatic carbocycles. The lowest BCUT2D eigenvalue weighted by Gasteiger charge is -2.35. The fourth-order valence-corrected chi connectivity index (χ4v) is 3.40. The number of hydrogen-bond acceptors (Lipinski definition) is 6. The first-order valence-corrected chi connectivity index (χ1v) is 9.52. The van der Waals surface area contributed by atoms with Crippen molar-refractivity contribution in [2.45, 2.75) is 26.2 Å². The van der Waals surface area contributed by atoms with Crippen LogP contribution >= 0.6 is 0 Å². The van der Waals surface area contributed by atoms with Crippen LogP contribution in [0.2, 0.25) is 0 Å². The van der Waals surface area contributed by atoms with Gasteiger partial charge in [-0.05, 0) is 24.6 Å². The Balaban J connectivity index is 1.55. The van der Waals surface area contributed by atoms with Crippen LogP contribution in [-0.2, 0) is 4.79 Å². The summed E-state index contributed by atoms with van der Waals surface area (Å²) in [7, 11) is 0. The van der Waals surface area contributed by atoms with E-state index in [1.807, 2.05) is 4.90 Å². The zero-order valence-electron chi connectivity index (χ0n) is 15.8. The molecule has 0 atom stereocenters. The number of anilines is 1. The second-order valence-electron chi connectivity index (χ2n) is 6.82. The quantitative estimate of drug-likeness (QED) is 0.672. The first kappa shape index (κ1) is 18.3. The summed E-state index contributed by atoms with van der Waals surface area (Å²) in [5, 5.41) is 8.38. The van der Waals surface area contributed by atoms with Crippen LogP contribution in [0, 0.1) is 5.82 Å². The molecule has 28 heavy (non-hydrogen) atoms. The molecule has 0 unspecified atom stereocenters. The number of amides is 1. The molecular formula is C19H22FN7O. The number of halogens is 1. The first-order chi connectivity index (χ1) is 13.7. The molecule has 3 aromatic rings. The van der Waals surface area contributed by atoms with Gasteiger partial charge in [-0.25, -0.2) is 14.4 Å². The molecule has 0 bridgehead atoms. The summed E-state index contributed by atoms with van der Waals surface area (Å²) in [6, 6.07) is 6.13. The van der Waals surface area contributed by atoms with E-state index in [9.17, 15) is 9.18 Å². The van der Waals surface area contributed by atoms with E-state index in [4.69, 9.17) is 0 Å². The maximum absolute atomic E-state index is 13.6. The van der Waals surface area contributed by atoms with Gasteiger partial charge in [0.15, 0.2) is 17.0 Å². The van der Waals surface area contributed by atoms with Gasteiger partial charge in [0.1, 0.15) is 12.1 Å². The molecule has 1 aliphatic rings. The van der Waals surface area contributed by atoms with E-state index in [1.165, 1.54) is 23.1 Å². The van der Waals surface area contributed by atoms with E-state index in [0.717, 1.165) is 12.8 Å². The third-order valence-electron chi connectivity index (χ3n) is 4.95. The molecule has 0 radical (unpaired) electrons. The van der Waals surface area contributed by atoms with Gasteiger partial charge < -0.3 is 9.80 Å². The lowest BCUT2D eigenvalue weighted by molar-refractivity contribution is -0.131. The average Bonchev–Trinajstić information content (AvgIpc) is 3.16. The van der Waals surface area contributed by atoms with Crippen LogP contribution in [0.1, 0.15) is 26.2 Å². The van der Waals surface area contributed by atoms with Gasteiger partial charge in [-0.2, -0.15) is 4.68 Å². The summed E-state index contributed by atoms with van der Waals surface area (Å²) in [6.45, 7) is 4.76. The van der Waals surface area contributed by atoms with Gasteiger partial charge in [0, 0.05) is 32.6 Å². The van der Waals surface area contributed by atoms with E-state index in [2.05, 4.69) is 32.1 Å². The minimum Gasteiger partial charge on any atom is -0.351 e. The maximum atomic E-state index is 13.6. The molecule has 146 valence electrons. The highest BCUT2D eigenvalue weighted by Crippen LogP contribution is 2.24. The molecule has 1 amide bonds. The number of rotatable bonds is 5. The van der Waals surface area contributed by atoms with Gasteiger partial charge >= 0.3 is 0 Å². The van der Waals surface area contributed by atoms with Crippen molar-refractivity contribution in [3.63, 3.8) is 0 Å². The van der Waals surface area contributed by atoms with Crippen molar-refractivity contribution in [3.05, 3.63) is 36.4 Å². The molecule has 4 rings (SSSR count). The molecule has 1 aliphatic heterocycles. The fourth-order valence-electron chi connectivity index (χ4n) is 3.40. The van der Waals surface area contributed by atoms with Gasteiger partial charge in [-0.3, -0.25) is 4.79 Å². The summed E-state index contributed by atoms with van der Waals surface area (Å²) < 4.78 is 15.1. The molecule has 9 heteroatoms. The molecule has 1 aromatic carbocycles. The predicted molar refractivity (Wildman–Crippen MR) is 103 cm³/mol. The van der Waals surface area contributed by atoms with Crippen molar-refractivity contribution in [2.75, 3.05) is 31.1 Å². The van der Waals surface area contributed by atoms with Gasteiger partial charge in [-0.15, -0.1) is 5.10 Å². The van der Waals surface area contributed by atoms with Gasteiger partial charge in [-0.1, -0.05) is 24.6 Å². The van der Waals surface area contributed by atoms with Gasteiger partial charge in [0.25, 0.3) is 0 Å². The number of benzene rings is 1. The van der Waals surface area contributed by atoms with Crippen LogP contribution in [0.15, 0.2) is 30.6 Å². The Hall–Kier alpha value is -3.10. The smallest absolute Gasteiger partial charge is 0.222 e. The number of nitrogens with zero attached hydrogens (tertiary/aromatic N) is 7. The highest BCUT2D eigenvalue weighted by molar-refractivity contribution is 5.84. The van der Waals surface area contributed by atoms with Crippen molar-refractivity contribution in [1.29, 1.82) is 0 Å². The topological polar surface area (TPSA) is 80.0 Å². The third-order valence-corrected chi connectivity index (χ3v) is 4.95. The zero-order valence-corrected chi connectivity index (χ0v) is 15.8. The van der Waals surface area contributed by atoms with E-state index in [-0.39, 0.29) is 11.7 Å². The van der Waals surface area contributed by atoms with Crippen LogP contribution < -0.4 is 4.90 Å². The summed E-state index contributed by atoms with van der Waals surface area (Å²) in [5.41, 5.74) is 1.65. The van der Waals surface area contributed by atoms with Crippen molar-refractivity contribution >= 4 is 22.9 Å². The van der Waals surface area contributed by atoms with Gasteiger partial charge in [0.05, 0.1) is 5.69 Å². The number of hydrogen-bond donors (Lipinski definition) is 0. The van der Waals surface area contributed by atoms with E-state index in [1.54, 1.807) is 12.1 Å². The minimum absolute atomic E-state index is 0.214. The minimum atomic E-state index is -0.348. The van der Waals surface area contributed by atoms with Crippen LogP contribution in [0.25, 0.3) is 16.9 Å². The standard InChI is InChI=1S/C19H22FN7O/c1-2-3-7-16(28)25-8-10-26(11-9-25)18-17-19(22-13-21-18)27(24-23-17)15-6-4-5-14(20)12-15/h4-6,12-13H,2-3,7-11H2,1H3. The largest absolute Gasteiger partial charge is 0.351 e. The Morgan fingerprint density at radius 1 is 1.18 bits per heavy atom. The van der Waals surface area contributed by atoms with Crippen LogP contribution in [0.3, 0.4) is 0 Å². The number of carbonyl (C=O) groups is 1. The lowest BCUT2D eigenvalue weighted by Crippen LogP contribution is -2.49.